The van der Waals surface area contributed by atoms with Crippen LogP contribution in [0.2, 0.25) is 0 Å². The molecule has 0 aromatic rings. The average molecular weight is 175 g/mol. The first-order valence-electron chi connectivity index (χ1n) is 2.20. The van der Waals surface area contributed by atoms with Crippen LogP contribution in [0.3, 0.4) is 0 Å². The van der Waals surface area contributed by atoms with Gasteiger partial charge < -0.3 is 11.0 Å². The first-order chi connectivity index (χ1) is 2.77. The minimum absolute atomic E-state index is 0. The second kappa shape index (κ2) is 15.9. The van der Waals surface area contributed by atoms with E-state index in [4.69, 9.17) is 0 Å². The molecule has 0 aliphatic rings. The Morgan fingerprint density at radius 2 is 1.67 bits per heavy atom. The van der Waals surface area contributed by atoms with Crippen LogP contribution in [0, 0.1) is 6.42 Å². The van der Waals surface area contributed by atoms with Crippen molar-refractivity contribution < 1.29 is 0 Å². The van der Waals surface area contributed by atoms with Gasteiger partial charge in [0, 0.05) is 0 Å². The molecule has 0 saturated heterocycles. The van der Waals surface area contributed by atoms with E-state index in [0.29, 0.717) is 0 Å². The van der Waals surface area contributed by atoms with E-state index in [9.17, 15) is 0 Å². The van der Waals surface area contributed by atoms with Crippen LogP contribution >= 0.6 is 12.4 Å². The SMILES string of the molecule is C[CH-]C=C(C)C.Cl.[Mg+2].[SiH3-]. The molecule has 0 aromatic carbocycles. The van der Waals surface area contributed by atoms with Crippen molar-refractivity contribution in [3.05, 3.63) is 18.1 Å². The molecule has 52 valence electrons. The predicted molar refractivity (Wildman–Crippen MR) is 52.3 cm³/mol. The third kappa shape index (κ3) is 27.9. The minimum Gasteiger partial charge on any atom is -0.314 e. The summed E-state index contributed by atoms with van der Waals surface area (Å²) in [6.45, 7) is 6.19. The summed E-state index contributed by atoms with van der Waals surface area (Å²) in [4.78, 5) is 0. The molecule has 0 spiro atoms. The summed E-state index contributed by atoms with van der Waals surface area (Å²) in [6, 6.07) is 0. The van der Waals surface area contributed by atoms with E-state index in [-0.39, 0.29) is 46.4 Å². The maximum Gasteiger partial charge on any atom is 2.00 e. The van der Waals surface area contributed by atoms with Crippen molar-refractivity contribution in [2.45, 2.75) is 20.8 Å². The summed E-state index contributed by atoms with van der Waals surface area (Å²) < 4.78 is 0. The standard InChI is InChI=1S/C6H11.ClH.Mg.H3Si/c1-4-5-6(2)3;;;/h4-5H,1-3H3;1H;;1H3/q-1;;+2;-1. The Bertz CT molecular complexity index is 60.1. The normalized spacial score (nSPS) is 4.78. The zero-order chi connectivity index (χ0) is 4.99. The van der Waals surface area contributed by atoms with Gasteiger partial charge in [-0.1, -0.05) is 0 Å². The molecule has 0 aromatic heterocycles. The minimum atomic E-state index is 0. The first kappa shape index (κ1) is 22.5. The Labute approximate surface area is 85.1 Å². The molecule has 0 amide bonds. The Kier molecular flexibility index (Phi) is 39.9. The first-order valence-corrected chi connectivity index (χ1v) is 2.20. The van der Waals surface area contributed by atoms with Crippen LogP contribution in [0.1, 0.15) is 20.8 Å². The predicted octanol–water partition coefficient (Wildman–Crippen LogP) is 1.03. The molecule has 0 unspecified atom stereocenters. The molecular formula is C6H15ClMgSi. The van der Waals surface area contributed by atoms with Gasteiger partial charge in [-0.15, -0.1) is 33.2 Å². The van der Waals surface area contributed by atoms with E-state index < -0.39 is 0 Å². The summed E-state index contributed by atoms with van der Waals surface area (Å²) in [6.07, 6.45) is 4.12. The van der Waals surface area contributed by atoms with Gasteiger partial charge in [-0.3, -0.25) is 0 Å². The molecule has 0 nitrogen and oxygen atoms in total. The fourth-order valence-electron chi connectivity index (χ4n) is 0.333. The molecule has 9 heavy (non-hydrogen) atoms. The number of rotatable bonds is 1. The van der Waals surface area contributed by atoms with Crippen LogP contribution in [0.5, 0.6) is 0 Å². The molecule has 0 heterocycles. The zero-order valence-electron chi connectivity index (χ0n) is 6.77. The number of hydrogen-bond acceptors (Lipinski definition) is 0. The van der Waals surface area contributed by atoms with E-state index in [1.54, 1.807) is 0 Å². The van der Waals surface area contributed by atoms with Crippen molar-refractivity contribution in [1.82, 2.24) is 0 Å². The quantitative estimate of drug-likeness (QED) is 0.412. The molecule has 0 N–H and O–H groups in total. The average Bonchev–Trinajstić information content (AvgIpc) is 1.35. The third-order valence-corrected chi connectivity index (χ3v) is 0.500. The Balaban J connectivity index is -0.0000000417. The Hall–Kier alpha value is 0.883. The molecule has 0 radical (unpaired) electrons. The smallest absolute Gasteiger partial charge is 0.314 e. The van der Waals surface area contributed by atoms with Crippen LogP contribution < -0.4 is 0 Å². The van der Waals surface area contributed by atoms with Gasteiger partial charge in [0.2, 0.25) is 0 Å². The second-order valence-electron chi connectivity index (χ2n) is 1.58. The third-order valence-electron chi connectivity index (χ3n) is 0.500. The summed E-state index contributed by atoms with van der Waals surface area (Å²) in [5.74, 6) is 0. The fourth-order valence-corrected chi connectivity index (χ4v) is 0.333. The Morgan fingerprint density at radius 1 is 1.33 bits per heavy atom. The largest absolute Gasteiger partial charge is 2.00 e. The maximum absolute atomic E-state index is 2.08. The van der Waals surface area contributed by atoms with Crippen molar-refractivity contribution >= 4 is 46.4 Å². The number of hydrogen-bond donors (Lipinski definition) is 0. The van der Waals surface area contributed by atoms with Gasteiger partial charge in [0.05, 0.1) is 0 Å². The van der Waals surface area contributed by atoms with Crippen molar-refractivity contribution in [3.63, 3.8) is 0 Å². The van der Waals surface area contributed by atoms with Crippen molar-refractivity contribution in [3.8, 4) is 0 Å². The van der Waals surface area contributed by atoms with Gasteiger partial charge in [-0.2, -0.15) is 0 Å². The van der Waals surface area contributed by atoms with Crippen molar-refractivity contribution in [2.75, 3.05) is 0 Å². The molecule has 0 bridgehead atoms. The van der Waals surface area contributed by atoms with Crippen LogP contribution in [0.4, 0.5) is 0 Å². The maximum atomic E-state index is 2.08. The van der Waals surface area contributed by atoms with Gasteiger partial charge in [0.15, 0.2) is 0 Å². The van der Waals surface area contributed by atoms with Gasteiger partial charge in [-0.05, 0) is 0 Å². The van der Waals surface area contributed by atoms with Crippen LogP contribution in [-0.2, 0) is 0 Å². The molecule has 3 heteroatoms. The molecule has 0 fully saturated rings. The van der Waals surface area contributed by atoms with E-state index in [1.165, 1.54) is 5.57 Å². The van der Waals surface area contributed by atoms with E-state index in [1.807, 2.05) is 13.3 Å². The fraction of sp³-hybridized carbons (Fsp3) is 0.500. The van der Waals surface area contributed by atoms with Crippen LogP contribution in [0.25, 0.3) is 0 Å². The van der Waals surface area contributed by atoms with Crippen LogP contribution in [0.15, 0.2) is 11.6 Å². The summed E-state index contributed by atoms with van der Waals surface area (Å²) >= 11 is 0. The summed E-state index contributed by atoms with van der Waals surface area (Å²) in [5.41, 5.74) is 1.36. The zero-order valence-corrected chi connectivity index (χ0v) is 11.0. The Morgan fingerprint density at radius 3 is 1.67 bits per heavy atom. The molecule has 0 saturated carbocycles. The van der Waals surface area contributed by atoms with Gasteiger partial charge in [-0.25, -0.2) is 18.1 Å². The molecule has 0 rings (SSSR count). The van der Waals surface area contributed by atoms with E-state index in [0.717, 1.165) is 0 Å². The van der Waals surface area contributed by atoms with E-state index >= 15 is 0 Å². The topological polar surface area (TPSA) is 0 Å². The van der Waals surface area contributed by atoms with Crippen molar-refractivity contribution in [2.24, 2.45) is 0 Å². The number of halogens is 1. The molecular weight excluding hydrogens is 160 g/mol. The van der Waals surface area contributed by atoms with Crippen LogP contribution in [-0.4, -0.2) is 34.0 Å². The van der Waals surface area contributed by atoms with Gasteiger partial charge in [0.25, 0.3) is 0 Å². The van der Waals surface area contributed by atoms with Gasteiger partial charge >= 0.3 is 23.1 Å². The van der Waals surface area contributed by atoms with Gasteiger partial charge in [0.1, 0.15) is 0 Å². The molecule has 0 aliphatic carbocycles. The summed E-state index contributed by atoms with van der Waals surface area (Å²) in [5, 5.41) is 0. The molecule has 0 atom stereocenters. The second-order valence-corrected chi connectivity index (χ2v) is 1.58. The molecule has 0 aliphatic heterocycles. The van der Waals surface area contributed by atoms with E-state index in [2.05, 4.69) is 19.9 Å². The summed E-state index contributed by atoms with van der Waals surface area (Å²) in [7, 11) is 0. The number of allylic oxidation sites excluding steroid dienone is 2. The van der Waals surface area contributed by atoms with Crippen molar-refractivity contribution in [1.29, 1.82) is 0 Å². The monoisotopic (exact) mass is 174 g/mol.